The Morgan fingerprint density at radius 1 is 0.484 bits per heavy atom. The lowest BCUT2D eigenvalue weighted by Crippen LogP contribution is -2.15. The molecule has 0 aliphatic carbocycles. The van der Waals surface area contributed by atoms with Crippen LogP contribution in [-0.4, -0.2) is 0 Å². The molecule has 0 spiro atoms. The summed E-state index contributed by atoms with van der Waals surface area (Å²) >= 11 is 7.70. The van der Waals surface area contributed by atoms with Crippen molar-refractivity contribution in [3.8, 4) is 0 Å². The third-order valence-corrected chi connectivity index (χ3v) is 7.09. The molecule has 5 rings (SSSR count). The summed E-state index contributed by atoms with van der Waals surface area (Å²) < 4.78 is 2.09. The first-order chi connectivity index (χ1) is 15.1. The quantitative estimate of drug-likeness (QED) is 0.224. The molecule has 0 aromatic heterocycles. The highest BCUT2D eigenvalue weighted by atomic mass is 79.9. The van der Waals surface area contributed by atoms with E-state index in [0.29, 0.717) is 0 Å². The predicted octanol–water partition coefficient (Wildman–Crippen LogP) is 9.60. The van der Waals surface area contributed by atoms with Crippen LogP contribution in [0.3, 0.4) is 0 Å². The van der Waals surface area contributed by atoms with Gasteiger partial charge in [0.05, 0.1) is 17.1 Å². The predicted molar refractivity (Wildman–Crippen MR) is 141 cm³/mol. The van der Waals surface area contributed by atoms with Gasteiger partial charge >= 0.3 is 0 Å². The van der Waals surface area contributed by atoms with Crippen LogP contribution in [-0.2, 0) is 0 Å². The molecule has 0 unspecified atom stereocenters. The molecular formula is C28H21Br2N. The van der Waals surface area contributed by atoms with Gasteiger partial charge in [-0.3, -0.25) is 0 Å². The maximum Gasteiger partial charge on any atom is 0.0746 e. The van der Waals surface area contributed by atoms with Crippen LogP contribution in [0.2, 0.25) is 0 Å². The average molecular weight is 531 g/mol. The highest BCUT2D eigenvalue weighted by Crippen LogP contribution is 2.49. The Morgan fingerprint density at radius 2 is 0.935 bits per heavy atom. The van der Waals surface area contributed by atoms with Crippen molar-refractivity contribution in [1.29, 1.82) is 0 Å². The lowest BCUT2D eigenvalue weighted by atomic mass is 9.98. The van der Waals surface area contributed by atoms with Crippen LogP contribution >= 0.6 is 31.9 Å². The third-order valence-electron chi connectivity index (χ3n) is 5.81. The van der Waals surface area contributed by atoms with Crippen molar-refractivity contribution in [2.45, 2.75) is 13.8 Å². The molecule has 0 radical (unpaired) electrons. The van der Waals surface area contributed by atoms with Crippen LogP contribution in [0.5, 0.6) is 0 Å². The van der Waals surface area contributed by atoms with Gasteiger partial charge in [-0.2, -0.15) is 0 Å². The van der Waals surface area contributed by atoms with Crippen molar-refractivity contribution in [3.05, 3.63) is 111 Å². The van der Waals surface area contributed by atoms with Crippen LogP contribution in [0, 0.1) is 13.8 Å². The van der Waals surface area contributed by atoms with E-state index in [2.05, 4.69) is 142 Å². The Hall–Kier alpha value is -2.62. The van der Waals surface area contributed by atoms with Crippen molar-refractivity contribution in [1.82, 2.24) is 0 Å². The number of hydrogen-bond donors (Lipinski definition) is 0. The van der Waals surface area contributed by atoms with Crippen LogP contribution < -0.4 is 4.90 Å². The number of anilines is 3. The van der Waals surface area contributed by atoms with E-state index in [0.717, 1.165) is 14.6 Å². The molecule has 0 N–H and O–H groups in total. The number of fused-ring (bicyclic) bond motifs is 2. The number of halogens is 2. The van der Waals surface area contributed by atoms with Gasteiger partial charge < -0.3 is 4.90 Å². The van der Waals surface area contributed by atoms with Gasteiger partial charge in [-0.1, -0.05) is 78.9 Å². The summed E-state index contributed by atoms with van der Waals surface area (Å²) in [6.07, 6.45) is 0. The van der Waals surface area contributed by atoms with E-state index in [1.54, 1.807) is 0 Å². The number of benzene rings is 5. The smallest absolute Gasteiger partial charge is 0.0746 e. The van der Waals surface area contributed by atoms with Crippen LogP contribution in [0.4, 0.5) is 17.1 Å². The van der Waals surface area contributed by atoms with Crippen molar-refractivity contribution >= 4 is 70.5 Å². The number of rotatable bonds is 3. The van der Waals surface area contributed by atoms with Gasteiger partial charge in [-0.05, 0) is 79.7 Å². The molecule has 0 bridgehead atoms. The lowest BCUT2D eigenvalue weighted by molar-refractivity contribution is 1.24. The normalized spacial score (nSPS) is 11.2. The van der Waals surface area contributed by atoms with Gasteiger partial charge in [0.25, 0.3) is 0 Å². The van der Waals surface area contributed by atoms with Crippen molar-refractivity contribution < 1.29 is 0 Å². The minimum atomic E-state index is 1.04. The first-order valence-electron chi connectivity index (χ1n) is 10.3. The summed E-state index contributed by atoms with van der Waals surface area (Å²) in [6, 6.07) is 32.4. The average Bonchev–Trinajstić information content (AvgIpc) is 2.77. The number of aryl methyl sites for hydroxylation is 2. The molecule has 0 saturated carbocycles. The molecule has 0 saturated heterocycles. The fraction of sp³-hybridized carbons (Fsp3) is 0.0714. The lowest BCUT2D eigenvalue weighted by Gasteiger charge is -2.32. The SMILES string of the molecule is Cc1ccc2ccccc2c1N(c1c(Br)cccc1Br)c1c(C)ccc2ccccc12. The molecule has 0 aliphatic heterocycles. The first kappa shape index (κ1) is 20.3. The fourth-order valence-electron chi connectivity index (χ4n) is 4.36. The minimum Gasteiger partial charge on any atom is -0.306 e. The highest BCUT2D eigenvalue weighted by molar-refractivity contribution is 9.11. The summed E-state index contributed by atoms with van der Waals surface area (Å²) in [5.41, 5.74) is 5.96. The molecule has 5 aromatic carbocycles. The standard InChI is InChI=1S/C28H21Br2N/c1-18-14-16-20-8-3-5-10-22(20)26(18)31(28-24(29)12-7-13-25(28)30)27-19(2)15-17-21-9-4-6-11-23(21)27/h3-17H,1-2H3. The van der Waals surface area contributed by atoms with Gasteiger partial charge in [0.2, 0.25) is 0 Å². The Bertz CT molecular complexity index is 1330. The van der Waals surface area contributed by atoms with E-state index < -0.39 is 0 Å². The summed E-state index contributed by atoms with van der Waals surface area (Å²) in [5, 5.41) is 4.93. The van der Waals surface area contributed by atoms with Crippen LogP contribution in [0.1, 0.15) is 11.1 Å². The largest absolute Gasteiger partial charge is 0.306 e. The molecule has 5 aromatic rings. The maximum atomic E-state index is 3.85. The van der Waals surface area contributed by atoms with Crippen molar-refractivity contribution in [2.24, 2.45) is 0 Å². The zero-order valence-corrected chi connectivity index (χ0v) is 20.5. The monoisotopic (exact) mass is 529 g/mol. The number of hydrogen-bond acceptors (Lipinski definition) is 1. The van der Waals surface area contributed by atoms with Gasteiger partial charge in [0.15, 0.2) is 0 Å². The summed E-state index contributed by atoms with van der Waals surface area (Å²) in [6.45, 7) is 4.39. The van der Waals surface area contributed by atoms with Crippen molar-refractivity contribution in [2.75, 3.05) is 4.90 Å². The number of para-hydroxylation sites is 1. The molecule has 152 valence electrons. The van der Waals surface area contributed by atoms with E-state index >= 15 is 0 Å². The fourth-order valence-corrected chi connectivity index (χ4v) is 5.71. The van der Waals surface area contributed by atoms with Crippen molar-refractivity contribution in [3.63, 3.8) is 0 Å². The van der Waals surface area contributed by atoms with Crippen LogP contribution in [0.15, 0.2) is 99.9 Å². The van der Waals surface area contributed by atoms with Crippen LogP contribution in [0.25, 0.3) is 21.5 Å². The Morgan fingerprint density at radius 3 is 1.42 bits per heavy atom. The maximum absolute atomic E-state index is 3.85. The molecule has 3 heteroatoms. The van der Waals surface area contributed by atoms with Gasteiger partial charge in [0.1, 0.15) is 0 Å². The molecule has 0 amide bonds. The molecule has 0 atom stereocenters. The highest BCUT2D eigenvalue weighted by Gasteiger charge is 2.24. The summed E-state index contributed by atoms with van der Waals surface area (Å²) in [7, 11) is 0. The summed E-state index contributed by atoms with van der Waals surface area (Å²) in [4.78, 5) is 2.42. The minimum absolute atomic E-state index is 1.04. The van der Waals surface area contributed by atoms with Gasteiger partial charge in [-0.25, -0.2) is 0 Å². The van der Waals surface area contributed by atoms with E-state index in [-0.39, 0.29) is 0 Å². The van der Waals surface area contributed by atoms with E-state index in [1.165, 1.54) is 44.0 Å². The Kier molecular flexibility index (Phi) is 5.33. The molecule has 0 aliphatic rings. The number of nitrogens with zero attached hydrogens (tertiary/aromatic N) is 1. The second-order valence-corrected chi connectivity index (χ2v) is 9.52. The molecule has 1 nitrogen and oxygen atoms in total. The Balaban J connectivity index is 1.98. The zero-order valence-electron chi connectivity index (χ0n) is 17.4. The van der Waals surface area contributed by atoms with Gasteiger partial charge in [0, 0.05) is 19.7 Å². The van der Waals surface area contributed by atoms with E-state index in [4.69, 9.17) is 0 Å². The Labute approximate surface area is 199 Å². The van der Waals surface area contributed by atoms with Gasteiger partial charge in [-0.15, -0.1) is 0 Å². The third kappa shape index (κ3) is 3.46. The molecule has 0 heterocycles. The topological polar surface area (TPSA) is 3.24 Å². The molecular weight excluding hydrogens is 510 g/mol. The van der Waals surface area contributed by atoms with E-state index in [9.17, 15) is 0 Å². The molecule has 31 heavy (non-hydrogen) atoms. The molecule has 0 fully saturated rings. The first-order valence-corrected chi connectivity index (χ1v) is 11.9. The zero-order chi connectivity index (χ0) is 21.5. The second kappa shape index (κ2) is 8.14. The second-order valence-electron chi connectivity index (χ2n) is 7.81. The summed E-state index contributed by atoms with van der Waals surface area (Å²) in [5.74, 6) is 0. The van der Waals surface area contributed by atoms with E-state index in [1.807, 2.05) is 0 Å².